The zero-order valence-corrected chi connectivity index (χ0v) is 17.0. The van der Waals surface area contributed by atoms with Crippen molar-refractivity contribution in [3.05, 3.63) is 69.7 Å². The highest BCUT2D eigenvalue weighted by Crippen LogP contribution is 2.21. The molecule has 5 heteroatoms. The molecule has 0 radical (unpaired) electrons. The summed E-state index contributed by atoms with van der Waals surface area (Å²) in [7, 11) is 0. The molecule has 144 valence electrons. The molecular weight excluding hydrogens is 379 g/mol. The van der Waals surface area contributed by atoms with E-state index in [-0.39, 0.29) is 11.8 Å². The monoisotopic (exact) mass is 404 g/mol. The van der Waals surface area contributed by atoms with Crippen LogP contribution in [0, 0.1) is 5.92 Å². The van der Waals surface area contributed by atoms with E-state index in [1.165, 1.54) is 5.56 Å². The third kappa shape index (κ3) is 6.24. The first kappa shape index (κ1) is 20.2. The zero-order valence-electron chi connectivity index (χ0n) is 15.5. The van der Waals surface area contributed by atoms with E-state index in [2.05, 4.69) is 16.3 Å². The number of carbonyl (C=O) groups excluding carboxylic acids is 1. The Bertz CT molecular complexity index is 757. The number of benzene rings is 2. The Morgan fingerprint density at radius 2 is 1.85 bits per heavy atom. The van der Waals surface area contributed by atoms with Crippen LogP contribution in [0.4, 0.5) is 0 Å². The predicted octanol–water partition coefficient (Wildman–Crippen LogP) is 4.95. The van der Waals surface area contributed by atoms with E-state index in [0.29, 0.717) is 6.54 Å². The minimum absolute atomic E-state index is 0.126. The lowest BCUT2D eigenvalue weighted by atomic mass is 9.95. The fraction of sp³-hybridized carbons (Fsp3) is 0.409. The van der Waals surface area contributed by atoms with Gasteiger partial charge in [0.2, 0.25) is 5.91 Å². The van der Waals surface area contributed by atoms with Gasteiger partial charge in [-0.15, -0.1) is 0 Å². The lowest BCUT2D eigenvalue weighted by Crippen LogP contribution is -2.40. The molecule has 0 aromatic heterocycles. The van der Waals surface area contributed by atoms with Crippen LogP contribution < -0.4 is 5.32 Å². The van der Waals surface area contributed by atoms with Gasteiger partial charge in [-0.3, -0.25) is 9.69 Å². The maximum absolute atomic E-state index is 12.4. The summed E-state index contributed by atoms with van der Waals surface area (Å²) in [4.78, 5) is 14.8. The second-order valence-electron chi connectivity index (χ2n) is 7.17. The van der Waals surface area contributed by atoms with E-state index >= 15 is 0 Å². The number of aryl methyl sites for hydroxylation is 1. The molecule has 1 fully saturated rings. The molecule has 1 amide bonds. The molecule has 27 heavy (non-hydrogen) atoms. The Labute approximate surface area is 171 Å². The third-order valence-electron chi connectivity index (χ3n) is 5.13. The molecule has 0 spiro atoms. The van der Waals surface area contributed by atoms with Gasteiger partial charge in [0.1, 0.15) is 0 Å². The van der Waals surface area contributed by atoms with Crippen molar-refractivity contribution >= 4 is 29.1 Å². The van der Waals surface area contributed by atoms with Gasteiger partial charge in [0.05, 0.1) is 0 Å². The van der Waals surface area contributed by atoms with Crippen molar-refractivity contribution in [3.8, 4) is 0 Å². The summed E-state index contributed by atoms with van der Waals surface area (Å²) < 4.78 is 0. The maximum atomic E-state index is 12.4. The van der Waals surface area contributed by atoms with Crippen molar-refractivity contribution in [2.45, 2.75) is 32.2 Å². The Morgan fingerprint density at radius 1 is 1.07 bits per heavy atom. The van der Waals surface area contributed by atoms with Crippen molar-refractivity contribution in [1.29, 1.82) is 0 Å². The van der Waals surface area contributed by atoms with Crippen LogP contribution in [-0.2, 0) is 17.8 Å². The molecule has 0 saturated carbocycles. The highest BCUT2D eigenvalue weighted by molar-refractivity contribution is 6.31. The van der Waals surface area contributed by atoms with Crippen LogP contribution in [0.5, 0.6) is 0 Å². The number of halogens is 2. The summed E-state index contributed by atoms with van der Waals surface area (Å²) in [5, 5.41) is 4.67. The van der Waals surface area contributed by atoms with Crippen molar-refractivity contribution in [1.82, 2.24) is 10.2 Å². The van der Waals surface area contributed by atoms with E-state index in [1.54, 1.807) is 0 Å². The van der Waals surface area contributed by atoms with Crippen molar-refractivity contribution < 1.29 is 4.79 Å². The largest absolute Gasteiger partial charge is 0.356 e. The average Bonchev–Trinajstić information content (AvgIpc) is 2.67. The van der Waals surface area contributed by atoms with Crippen LogP contribution in [0.15, 0.2) is 48.5 Å². The normalized spacial score (nSPS) is 15.6. The molecule has 3 rings (SSSR count). The molecule has 0 aliphatic carbocycles. The molecular formula is C22H26Cl2N2O. The van der Waals surface area contributed by atoms with Crippen LogP contribution in [-0.4, -0.2) is 30.4 Å². The Balaban J connectivity index is 1.35. The second-order valence-corrected chi connectivity index (χ2v) is 8.01. The summed E-state index contributed by atoms with van der Waals surface area (Å²) in [6.07, 6.45) is 3.62. The number of likely N-dealkylation sites (tertiary alicyclic amines) is 1. The molecule has 1 heterocycles. The van der Waals surface area contributed by atoms with Gasteiger partial charge < -0.3 is 5.32 Å². The molecule has 1 aliphatic rings. The molecule has 0 atom stereocenters. The Kier molecular flexibility index (Phi) is 7.57. The van der Waals surface area contributed by atoms with Gasteiger partial charge in [-0.2, -0.15) is 0 Å². The van der Waals surface area contributed by atoms with Crippen LogP contribution in [0.2, 0.25) is 10.0 Å². The van der Waals surface area contributed by atoms with Gasteiger partial charge in [0, 0.05) is 29.1 Å². The summed E-state index contributed by atoms with van der Waals surface area (Å²) in [5.74, 6) is 0.317. The molecule has 1 saturated heterocycles. The highest BCUT2D eigenvalue weighted by atomic mass is 35.5. The minimum Gasteiger partial charge on any atom is -0.356 e. The Morgan fingerprint density at radius 3 is 2.59 bits per heavy atom. The lowest BCUT2D eigenvalue weighted by Gasteiger charge is -2.31. The summed E-state index contributed by atoms with van der Waals surface area (Å²) in [6.45, 7) is 3.49. The Hall–Kier alpha value is -1.55. The van der Waals surface area contributed by atoms with Gasteiger partial charge in [-0.1, -0.05) is 53.5 Å². The summed E-state index contributed by atoms with van der Waals surface area (Å²) in [6, 6.07) is 15.9. The molecule has 2 aromatic carbocycles. The number of hydrogen-bond donors (Lipinski definition) is 1. The fourth-order valence-electron chi connectivity index (χ4n) is 3.58. The molecule has 1 aliphatic heterocycles. The fourth-order valence-corrected chi connectivity index (χ4v) is 4.03. The van der Waals surface area contributed by atoms with Crippen molar-refractivity contribution in [2.75, 3.05) is 19.6 Å². The number of rotatable bonds is 7. The maximum Gasteiger partial charge on any atom is 0.223 e. The summed E-state index contributed by atoms with van der Waals surface area (Å²) in [5.41, 5.74) is 2.37. The second kappa shape index (κ2) is 10.1. The third-order valence-corrected chi connectivity index (χ3v) is 5.74. The first-order valence-electron chi connectivity index (χ1n) is 9.60. The van der Waals surface area contributed by atoms with Gasteiger partial charge in [-0.25, -0.2) is 0 Å². The van der Waals surface area contributed by atoms with Gasteiger partial charge in [0.25, 0.3) is 0 Å². The van der Waals surface area contributed by atoms with Crippen LogP contribution in [0.3, 0.4) is 0 Å². The SMILES string of the molecule is O=C(NCCCc1ccccc1Cl)C1CCN(Cc2cccc(Cl)c2)CC1. The summed E-state index contributed by atoms with van der Waals surface area (Å²) >= 11 is 12.2. The van der Waals surface area contributed by atoms with Gasteiger partial charge in [-0.05, 0) is 68.1 Å². The molecule has 1 N–H and O–H groups in total. The number of piperidine rings is 1. The van der Waals surface area contributed by atoms with E-state index in [0.717, 1.165) is 60.9 Å². The average molecular weight is 405 g/mol. The van der Waals surface area contributed by atoms with Crippen LogP contribution in [0.25, 0.3) is 0 Å². The lowest BCUT2D eigenvalue weighted by molar-refractivity contribution is -0.126. The quantitative estimate of drug-likeness (QED) is 0.661. The number of hydrogen-bond acceptors (Lipinski definition) is 2. The number of carbonyl (C=O) groups is 1. The number of nitrogens with zero attached hydrogens (tertiary/aromatic N) is 1. The number of nitrogens with one attached hydrogen (secondary N) is 1. The molecule has 2 aromatic rings. The first-order chi connectivity index (χ1) is 13.1. The molecule has 0 bridgehead atoms. The molecule has 0 unspecified atom stereocenters. The van der Waals surface area contributed by atoms with E-state index < -0.39 is 0 Å². The topological polar surface area (TPSA) is 32.3 Å². The van der Waals surface area contributed by atoms with Gasteiger partial charge in [0.15, 0.2) is 0 Å². The predicted molar refractivity (Wildman–Crippen MR) is 112 cm³/mol. The van der Waals surface area contributed by atoms with E-state index in [9.17, 15) is 4.79 Å². The molecule has 3 nitrogen and oxygen atoms in total. The highest BCUT2D eigenvalue weighted by Gasteiger charge is 2.24. The number of amides is 1. The first-order valence-corrected chi connectivity index (χ1v) is 10.4. The van der Waals surface area contributed by atoms with E-state index in [4.69, 9.17) is 23.2 Å². The van der Waals surface area contributed by atoms with Crippen LogP contribution >= 0.6 is 23.2 Å². The van der Waals surface area contributed by atoms with E-state index in [1.807, 2.05) is 42.5 Å². The standard InChI is InChI=1S/C22H26Cl2N2O/c23-20-8-3-5-17(15-20)16-26-13-10-19(11-14-26)22(27)25-12-4-7-18-6-1-2-9-21(18)24/h1-3,5-6,8-9,15,19H,4,7,10-14,16H2,(H,25,27). The van der Waals surface area contributed by atoms with Gasteiger partial charge >= 0.3 is 0 Å². The zero-order chi connectivity index (χ0) is 19.1. The smallest absolute Gasteiger partial charge is 0.223 e. The van der Waals surface area contributed by atoms with Crippen molar-refractivity contribution in [2.24, 2.45) is 5.92 Å². The minimum atomic E-state index is 0.126. The van der Waals surface area contributed by atoms with Crippen LogP contribution in [0.1, 0.15) is 30.4 Å². The van der Waals surface area contributed by atoms with Crippen molar-refractivity contribution in [3.63, 3.8) is 0 Å².